The summed E-state index contributed by atoms with van der Waals surface area (Å²) in [4.78, 5) is 14.2. The first-order valence-electron chi connectivity index (χ1n) is 8.20. The first-order chi connectivity index (χ1) is 11.8. The van der Waals surface area contributed by atoms with Crippen LogP contribution in [-0.2, 0) is 9.53 Å². The second-order valence-electron chi connectivity index (χ2n) is 6.08. The number of carbonyl (C=O) groups excluding carboxylic acids is 1. The summed E-state index contributed by atoms with van der Waals surface area (Å²) in [7, 11) is 3.34. The van der Waals surface area contributed by atoms with Crippen LogP contribution in [0.25, 0.3) is 0 Å². The van der Waals surface area contributed by atoms with Crippen LogP contribution in [0.5, 0.6) is 0 Å². The molecule has 0 aliphatic carbocycles. The zero-order valence-electron chi connectivity index (χ0n) is 15.2. The molecule has 0 saturated heterocycles. The van der Waals surface area contributed by atoms with Crippen LogP contribution >= 0.6 is 15.9 Å². The fourth-order valence-corrected chi connectivity index (χ4v) is 3.34. The summed E-state index contributed by atoms with van der Waals surface area (Å²) in [5.74, 6) is -0.751. The van der Waals surface area contributed by atoms with Crippen molar-refractivity contribution in [3.63, 3.8) is 0 Å². The second-order valence-corrected chi connectivity index (χ2v) is 7.00. The minimum absolute atomic E-state index is 0.143. The molecule has 1 aromatic rings. The zero-order valence-corrected chi connectivity index (χ0v) is 16.8. The highest BCUT2D eigenvalue weighted by Gasteiger charge is 2.24. The predicted octanol–water partition coefficient (Wildman–Crippen LogP) is 5.30. The Morgan fingerprint density at radius 2 is 2.12 bits per heavy atom. The van der Waals surface area contributed by atoms with Crippen molar-refractivity contribution in [1.29, 1.82) is 0 Å². The van der Waals surface area contributed by atoms with Crippen LogP contribution in [-0.4, -0.2) is 25.0 Å². The van der Waals surface area contributed by atoms with Crippen molar-refractivity contribution in [3.8, 4) is 0 Å². The number of hydrogen-bond donors (Lipinski definition) is 0. The number of carbonyl (C=O) groups is 1. The van der Waals surface area contributed by atoms with Gasteiger partial charge in [-0.1, -0.05) is 41.9 Å². The van der Waals surface area contributed by atoms with Gasteiger partial charge in [0.05, 0.1) is 12.7 Å². The Kier molecular flexibility index (Phi) is 6.22. The summed E-state index contributed by atoms with van der Waals surface area (Å²) in [6.45, 7) is 5.87. The van der Waals surface area contributed by atoms with E-state index >= 15 is 0 Å². The summed E-state index contributed by atoms with van der Waals surface area (Å²) < 4.78 is 19.9. The van der Waals surface area contributed by atoms with Gasteiger partial charge in [-0.2, -0.15) is 0 Å². The molecule has 1 aromatic carbocycles. The van der Waals surface area contributed by atoms with Crippen molar-refractivity contribution < 1.29 is 13.9 Å². The van der Waals surface area contributed by atoms with Crippen LogP contribution < -0.4 is 0 Å². The number of hydrogen-bond acceptors (Lipinski definition) is 3. The second kappa shape index (κ2) is 8.00. The average molecular weight is 408 g/mol. The molecule has 3 nitrogen and oxygen atoms in total. The van der Waals surface area contributed by atoms with E-state index in [2.05, 4.69) is 20.8 Å². The maximum absolute atomic E-state index is 14.3. The van der Waals surface area contributed by atoms with E-state index in [1.165, 1.54) is 13.2 Å². The predicted molar refractivity (Wildman–Crippen MR) is 101 cm³/mol. The summed E-state index contributed by atoms with van der Waals surface area (Å²) in [6, 6.07) is 5.08. The Bertz CT molecular complexity index is 780. The summed E-state index contributed by atoms with van der Waals surface area (Å²) in [5.41, 5.74) is 3.91. The van der Waals surface area contributed by atoms with Gasteiger partial charge in [-0.3, -0.25) is 0 Å². The lowest BCUT2D eigenvalue weighted by Crippen LogP contribution is -2.25. The van der Waals surface area contributed by atoms with Crippen LogP contribution in [0, 0.1) is 5.82 Å². The number of esters is 1. The van der Waals surface area contributed by atoms with Crippen LogP contribution in [0.1, 0.15) is 38.7 Å². The molecule has 25 heavy (non-hydrogen) atoms. The number of benzene rings is 1. The fraction of sp³-hybridized carbons (Fsp3) is 0.350. The lowest BCUT2D eigenvalue weighted by atomic mass is 9.93. The van der Waals surface area contributed by atoms with E-state index in [1.807, 2.05) is 46.0 Å². The standard InChI is InChI=1S/C20H23BrFNO2/c1-6-15-11-17(20(24)25-5)13(3)19(23(15)4)9-12(2)16-8-7-14(21)10-18(16)22/h7-12H,6H2,1-5H3/b19-9-. The monoisotopic (exact) mass is 407 g/mol. The van der Waals surface area contributed by atoms with Crippen molar-refractivity contribution in [3.05, 3.63) is 68.7 Å². The maximum atomic E-state index is 14.3. The first-order valence-corrected chi connectivity index (χ1v) is 9.00. The van der Waals surface area contributed by atoms with Crippen LogP contribution in [0.15, 0.2) is 57.4 Å². The van der Waals surface area contributed by atoms with E-state index in [1.54, 1.807) is 6.07 Å². The molecule has 1 aliphatic heterocycles. The minimum Gasteiger partial charge on any atom is -0.465 e. The zero-order chi connectivity index (χ0) is 18.7. The number of likely N-dealkylation sites (N-methyl/N-ethyl adjacent to an activating group) is 1. The maximum Gasteiger partial charge on any atom is 0.338 e. The van der Waals surface area contributed by atoms with E-state index in [4.69, 9.17) is 4.74 Å². The Balaban J connectivity index is 2.50. The lowest BCUT2D eigenvalue weighted by Gasteiger charge is -2.31. The smallest absolute Gasteiger partial charge is 0.338 e. The third kappa shape index (κ3) is 4.03. The molecule has 0 aromatic heterocycles. The molecular formula is C20H23BrFNO2. The highest BCUT2D eigenvalue weighted by Crippen LogP contribution is 2.33. The Labute approximate surface area is 157 Å². The van der Waals surface area contributed by atoms with Crippen LogP contribution in [0.4, 0.5) is 4.39 Å². The van der Waals surface area contributed by atoms with Gasteiger partial charge in [0.1, 0.15) is 5.82 Å². The highest BCUT2D eigenvalue weighted by molar-refractivity contribution is 9.10. The molecule has 0 radical (unpaired) electrons. The topological polar surface area (TPSA) is 29.5 Å². The van der Waals surface area contributed by atoms with Gasteiger partial charge in [-0.25, -0.2) is 9.18 Å². The van der Waals surface area contributed by atoms with Crippen LogP contribution in [0.2, 0.25) is 0 Å². The summed E-state index contributed by atoms with van der Waals surface area (Å²) in [5, 5.41) is 0. The molecule has 1 unspecified atom stereocenters. The van der Waals surface area contributed by atoms with Crippen molar-refractivity contribution in [2.24, 2.45) is 0 Å². The number of allylic oxidation sites excluding steroid dienone is 3. The molecule has 2 rings (SSSR count). The Morgan fingerprint density at radius 1 is 1.44 bits per heavy atom. The number of nitrogens with zero attached hydrogens (tertiary/aromatic N) is 1. The number of rotatable bonds is 4. The number of ether oxygens (including phenoxy) is 1. The molecule has 0 bridgehead atoms. The molecule has 0 spiro atoms. The average Bonchev–Trinajstić information content (AvgIpc) is 2.58. The largest absolute Gasteiger partial charge is 0.465 e. The number of halogens is 2. The van der Waals surface area contributed by atoms with Gasteiger partial charge in [0.25, 0.3) is 0 Å². The van der Waals surface area contributed by atoms with Crippen molar-refractivity contribution >= 4 is 21.9 Å². The van der Waals surface area contributed by atoms with Crippen molar-refractivity contribution in [2.45, 2.75) is 33.1 Å². The minimum atomic E-state index is -0.357. The SMILES string of the molecule is CCC1=CC(C(=O)OC)=C(C)/C(=C/C(C)c2ccc(Br)cc2F)N1C. The highest BCUT2D eigenvalue weighted by atomic mass is 79.9. The third-order valence-corrected chi connectivity index (χ3v) is 5.01. The molecular weight excluding hydrogens is 385 g/mol. The number of methoxy groups -OCH3 is 1. The van der Waals surface area contributed by atoms with Gasteiger partial charge in [0.15, 0.2) is 0 Å². The lowest BCUT2D eigenvalue weighted by molar-refractivity contribution is -0.135. The molecule has 1 aliphatic rings. The molecule has 1 atom stereocenters. The summed E-state index contributed by atoms with van der Waals surface area (Å²) in [6.07, 6.45) is 4.64. The third-order valence-electron chi connectivity index (χ3n) is 4.52. The van der Waals surface area contributed by atoms with E-state index in [0.717, 1.165) is 23.4 Å². The molecule has 0 fully saturated rings. The van der Waals surface area contributed by atoms with E-state index in [-0.39, 0.29) is 17.7 Å². The normalized spacial score (nSPS) is 17.6. The van der Waals surface area contributed by atoms with Gasteiger partial charge in [0.2, 0.25) is 0 Å². The molecule has 1 heterocycles. The van der Waals surface area contributed by atoms with Gasteiger partial charge >= 0.3 is 5.97 Å². The molecule has 134 valence electrons. The van der Waals surface area contributed by atoms with Gasteiger partial charge < -0.3 is 9.64 Å². The van der Waals surface area contributed by atoms with Gasteiger partial charge in [-0.05, 0) is 42.7 Å². The first kappa shape index (κ1) is 19.4. The van der Waals surface area contributed by atoms with E-state index in [0.29, 0.717) is 15.6 Å². The molecule has 0 amide bonds. The van der Waals surface area contributed by atoms with E-state index < -0.39 is 0 Å². The summed E-state index contributed by atoms with van der Waals surface area (Å²) >= 11 is 3.28. The molecule has 0 saturated carbocycles. The van der Waals surface area contributed by atoms with Gasteiger partial charge in [-0.15, -0.1) is 0 Å². The van der Waals surface area contributed by atoms with Crippen molar-refractivity contribution in [2.75, 3.05) is 14.2 Å². The quantitative estimate of drug-likeness (QED) is 0.633. The Morgan fingerprint density at radius 3 is 2.68 bits per heavy atom. The van der Waals surface area contributed by atoms with E-state index in [9.17, 15) is 9.18 Å². The molecule has 5 heteroatoms. The fourth-order valence-electron chi connectivity index (χ4n) is 3.01. The Hall–Kier alpha value is -1.88. The van der Waals surface area contributed by atoms with Crippen molar-refractivity contribution in [1.82, 2.24) is 4.90 Å². The molecule has 0 N–H and O–H groups in total. The van der Waals surface area contributed by atoms with Crippen LogP contribution in [0.3, 0.4) is 0 Å². The van der Waals surface area contributed by atoms with Gasteiger partial charge in [0, 0.05) is 28.8 Å².